The first-order chi connectivity index (χ1) is 14.1. The minimum Gasteiger partial charge on any atom is -0.444 e. The van der Waals surface area contributed by atoms with E-state index in [0.717, 1.165) is 46.2 Å². The number of nitrogens with zero attached hydrogens (tertiary/aromatic N) is 2. The summed E-state index contributed by atoms with van der Waals surface area (Å²) in [4.78, 5) is 25.7. The van der Waals surface area contributed by atoms with Gasteiger partial charge in [-0.05, 0) is 86.6 Å². The van der Waals surface area contributed by atoms with Crippen molar-refractivity contribution in [1.82, 2.24) is 15.1 Å². The molecule has 1 heterocycles. The summed E-state index contributed by atoms with van der Waals surface area (Å²) in [6.07, 6.45) is 3.78. The first-order valence-electron chi connectivity index (χ1n) is 10.2. The van der Waals surface area contributed by atoms with E-state index in [1.807, 2.05) is 32.9 Å². The van der Waals surface area contributed by atoms with Crippen molar-refractivity contribution in [1.29, 1.82) is 0 Å². The Labute approximate surface area is 194 Å². The van der Waals surface area contributed by atoms with Gasteiger partial charge in [0.2, 0.25) is 0 Å². The summed E-state index contributed by atoms with van der Waals surface area (Å²) >= 11 is 8.64. The van der Waals surface area contributed by atoms with E-state index in [1.165, 1.54) is 4.68 Å². The Hall–Kier alpha value is -1.61. The van der Waals surface area contributed by atoms with Crippen LogP contribution in [0, 0.1) is 3.70 Å². The number of amides is 1. The number of rotatable bonds is 3. The van der Waals surface area contributed by atoms with Crippen molar-refractivity contribution in [2.24, 2.45) is 0 Å². The number of benzene rings is 1. The first-order valence-corrected chi connectivity index (χ1v) is 11.7. The Kier molecular flexibility index (Phi) is 5.87. The molecule has 2 aromatic rings. The predicted octanol–water partition coefficient (Wildman–Crippen LogP) is 5.09. The minimum atomic E-state index is -0.555. The molecule has 2 aliphatic carbocycles. The van der Waals surface area contributed by atoms with Gasteiger partial charge in [0.1, 0.15) is 9.30 Å². The summed E-state index contributed by atoms with van der Waals surface area (Å²) in [7, 11) is 0. The van der Waals surface area contributed by atoms with E-state index in [-0.39, 0.29) is 11.9 Å². The highest BCUT2D eigenvalue weighted by atomic mass is 127. The molecule has 6 nitrogen and oxygen atoms in total. The summed E-state index contributed by atoms with van der Waals surface area (Å²) in [5, 5.41) is 7.96. The summed E-state index contributed by atoms with van der Waals surface area (Å²) in [6.45, 7) is 5.51. The Bertz CT molecular complexity index is 1010. The van der Waals surface area contributed by atoms with Crippen molar-refractivity contribution in [3.05, 3.63) is 49.3 Å². The Morgan fingerprint density at radius 2 is 2.00 bits per heavy atom. The molecule has 1 fully saturated rings. The van der Waals surface area contributed by atoms with Gasteiger partial charge in [0.15, 0.2) is 0 Å². The van der Waals surface area contributed by atoms with Crippen molar-refractivity contribution in [3.63, 3.8) is 0 Å². The second kappa shape index (κ2) is 8.15. The number of carbonyl (C=O) groups is 2. The fraction of sp³-hybridized carbons (Fsp3) is 0.500. The Balaban J connectivity index is 1.61. The maximum Gasteiger partial charge on any atom is 0.407 e. The maximum absolute atomic E-state index is 13.5. The molecule has 0 radical (unpaired) electrons. The number of nitrogens with one attached hydrogen (secondary N) is 1. The third-order valence-electron chi connectivity index (χ3n) is 5.41. The van der Waals surface area contributed by atoms with Crippen LogP contribution in [0.2, 0.25) is 5.02 Å². The molecule has 1 aromatic carbocycles. The van der Waals surface area contributed by atoms with Crippen LogP contribution in [0.15, 0.2) is 18.2 Å². The Morgan fingerprint density at radius 1 is 1.27 bits per heavy atom. The van der Waals surface area contributed by atoms with Gasteiger partial charge in [-0.1, -0.05) is 23.7 Å². The zero-order chi connectivity index (χ0) is 21.6. The molecule has 0 spiro atoms. The van der Waals surface area contributed by atoms with Crippen molar-refractivity contribution in [2.75, 3.05) is 0 Å². The van der Waals surface area contributed by atoms with E-state index in [1.54, 1.807) is 6.07 Å². The quantitative estimate of drug-likeness (QED) is 0.550. The molecule has 1 unspecified atom stereocenters. The number of alkyl carbamates (subject to hydrolysis) is 1. The molecule has 0 bridgehead atoms. The average molecular weight is 542 g/mol. The molecule has 2 aliphatic rings. The fourth-order valence-electron chi connectivity index (χ4n) is 3.94. The topological polar surface area (TPSA) is 73.2 Å². The van der Waals surface area contributed by atoms with Gasteiger partial charge in [-0.15, -0.1) is 0 Å². The lowest BCUT2D eigenvalue weighted by Gasteiger charge is -2.26. The SMILES string of the molecule is CC(C)(C)OC(=O)NC1CCc2c(I)nn(C(=O)c3c(Cl)cccc3C3CC3)c2C1. The number of ether oxygens (including phenoxy) is 1. The van der Waals surface area contributed by atoms with Gasteiger partial charge in [0.25, 0.3) is 5.91 Å². The van der Waals surface area contributed by atoms with Crippen LogP contribution >= 0.6 is 34.2 Å². The van der Waals surface area contributed by atoms with Crippen LogP contribution in [0.4, 0.5) is 4.79 Å². The molecule has 1 saturated carbocycles. The standard InChI is InChI=1S/C22H25ClIN3O3/c1-22(2,3)30-21(29)25-13-9-10-15-17(11-13)27(26-19(15)24)20(28)18-14(12-7-8-12)5-4-6-16(18)23/h4-6,12-13H,7-11H2,1-3H3,(H,25,29). The van der Waals surface area contributed by atoms with Gasteiger partial charge in [-0.25, -0.2) is 4.79 Å². The van der Waals surface area contributed by atoms with Gasteiger partial charge in [0.05, 0.1) is 16.3 Å². The summed E-state index contributed by atoms with van der Waals surface area (Å²) in [6, 6.07) is 5.54. The van der Waals surface area contributed by atoms with Crippen LogP contribution in [-0.4, -0.2) is 33.4 Å². The lowest BCUT2D eigenvalue weighted by atomic mass is 9.93. The predicted molar refractivity (Wildman–Crippen MR) is 123 cm³/mol. The van der Waals surface area contributed by atoms with Crippen LogP contribution in [0.5, 0.6) is 0 Å². The third-order valence-corrected chi connectivity index (χ3v) is 6.60. The molecule has 8 heteroatoms. The van der Waals surface area contributed by atoms with Crippen LogP contribution in [0.1, 0.15) is 73.1 Å². The molecular formula is C22H25ClIN3O3. The average Bonchev–Trinajstić information content (AvgIpc) is 3.44. The van der Waals surface area contributed by atoms with Crippen molar-refractivity contribution in [3.8, 4) is 0 Å². The summed E-state index contributed by atoms with van der Waals surface area (Å²) in [5.41, 5.74) is 2.92. The van der Waals surface area contributed by atoms with E-state index >= 15 is 0 Å². The lowest BCUT2D eigenvalue weighted by Crippen LogP contribution is -2.42. The number of fused-ring (bicyclic) bond motifs is 1. The molecule has 1 atom stereocenters. The second-order valence-electron chi connectivity index (χ2n) is 9.00. The number of aromatic nitrogens is 2. The molecule has 4 rings (SSSR count). The zero-order valence-corrected chi connectivity index (χ0v) is 20.2. The van der Waals surface area contributed by atoms with E-state index < -0.39 is 11.7 Å². The van der Waals surface area contributed by atoms with Gasteiger partial charge < -0.3 is 10.1 Å². The number of hydrogen-bond donors (Lipinski definition) is 1. The molecule has 1 aromatic heterocycles. The van der Waals surface area contributed by atoms with Gasteiger partial charge >= 0.3 is 6.09 Å². The minimum absolute atomic E-state index is 0.111. The fourth-order valence-corrected chi connectivity index (χ4v) is 5.00. The van der Waals surface area contributed by atoms with Crippen molar-refractivity contribution in [2.45, 2.75) is 70.4 Å². The summed E-state index contributed by atoms with van der Waals surface area (Å²) in [5.74, 6) is 0.203. The van der Waals surface area contributed by atoms with E-state index in [2.05, 4.69) is 33.0 Å². The molecule has 1 amide bonds. The highest BCUT2D eigenvalue weighted by Gasteiger charge is 2.34. The molecule has 1 N–H and O–H groups in total. The van der Waals surface area contributed by atoms with Gasteiger partial charge in [0, 0.05) is 18.0 Å². The van der Waals surface area contributed by atoms with Crippen molar-refractivity contribution >= 4 is 46.2 Å². The number of hydrogen-bond acceptors (Lipinski definition) is 4. The van der Waals surface area contributed by atoms with Crippen LogP contribution < -0.4 is 5.32 Å². The highest BCUT2D eigenvalue weighted by Crippen LogP contribution is 2.43. The molecule has 160 valence electrons. The maximum atomic E-state index is 13.5. The highest BCUT2D eigenvalue weighted by molar-refractivity contribution is 14.1. The monoisotopic (exact) mass is 541 g/mol. The van der Waals surface area contributed by atoms with E-state index in [0.29, 0.717) is 22.9 Å². The molecule has 0 saturated heterocycles. The zero-order valence-electron chi connectivity index (χ0n) is 17.3. The molecule has 0 aliphatic heterocycles. The smallest absolute Gasteiger partial charge is 0.407 e. The molecular weight excluding hydrogens is 517 g/mol. The van der Waals surface area contributed by atoms with Crippen LogP contribution in [0.3, 0.4) is 0 Å². The van der Waals surface area contributed by atoms with Crippen LogP contribution in [0.25, 0.3) is 0 Å². The van der Waals surface area contributed by atoms with E-state index in [4.69, 9.17) is 16.3 Å². The van der Waals surface area contributed by atoms with Crippen LogP contribution in [-0.2, 0) is 17.6 Å². The first kappa shape index (κ1) is 21.6. The summed E-state index contributed by atoms with van der Waals surface area (Å²) < 4.78 is 7.71. The van der Waals surface area contributed by atoms with Gasteiger partial charge in [-0.3, -0.25) is 4.79 Å². The largest absolute Gasteiger partial charge is 0.444 e. The molecule has 30 heavy (non-hydrogen) atoms. The second-order valence-corrected chi connectivity index (χ2v) is 10.4. The number of halogens is 2. The van der Waals surface area contributed by atoms with Crippen molar-refractivity contribution < 1.29 is 14.3 Å². The number of carbonyl (C=O) groups excluding carboxylic acids is 2. The van der Waals surface area contributed by atoms with E-state index in [9.17, 15) is 9.59 Å². The Morgan fingerprint density at radius 3 is 2.67 bits per heavy atom. The normalized spacial score (nSPS) is 18.6. The van der Waals surface area contributed by atoms with Gasteiger partial charge in [-0.2, -0.15) is 9.78 Å². The lowest BCUT2D eigenvalue weighted by molar-refractivity contribution is 0.0500. The third kappa shape index (κ3) is 4.51.